The summed E-state index contributed by atoms with van der Waals surface area (Å²) in [6.45, 7) is 4.78. The molecule has 0 aliphatic carbocycles. The van der Waals surface area contributed by atoms with Crippen molar-refractivity contribution in [2.45, 2.75) is 44.7 Å². The van der Waals surface area contributed by atoms with Gasteiger partial charge in [0.25, 0.3) is 0 Å². The van der Waals surface area contributed by atoms with E-state index in [2.05, 4.69) is 22.5 Å². The minimum Gasteiger partial charge on any atom is -0.480 e. The number of nitrogens with two attached hydrogens (primary N) is 1. The van der Waals surface area contributed by atoms with Gasteiger partial charge in [0.05, 0.1) is 0 Å². The summed E-state index contributed by atoms with van der Waals surface area (Å²) in [6.07, 6.45) is 1.79. The normalized spacial score (nSPS) is 20.5. The highest BCUT2D eigenvalue weighted by Crippen LogP contribution is 2.09. The van der Waals surface area contributed by atoms with Crippen molar-refractivity contribution in [1.29, 1.82) is 0 Å². The average Bonchev–Trinajstić information content (AvgIpc) is 2.43. The number of hydrogen-bond acceptors (Lipinski definition) is 4. The Labute approximate surface area is 124 Å². The highest BCUT2D eigenvalue weighted by molar-refractivity contribution is 5.83. The number of likely N-dealkylation sites (tertiary alicyclic amines) is 1. The lowest BCUT2D eigenvalue weighted by molar-refractivity contribution is -0.139. The van der Waals surface area contributed by atoms with Crippen molar-refractivity contribution in [1.82, 2.24) is 15.5 Å². The minimum absolute atomic E-state index is 0.0101. The van der Waals surface area contributed by atoms with Crippen molar-refractivity contribution in [2.24, 2.45) is 5.73 Å². The van der Waals surface area contributed by atoms with Gasteiger partial charge >= 0.3 is 12.0 Å². The fourth-order valence-corrected chi connectivity index (χ4v) is 2.39. The molecule has 0 spiro atoms. The van der Waals surface area contributed by atoms with Crippen LogP contribution in [0.25, 0.3) is 0 Å². The summed E-state index contributed by atoms with van der Waals surface area (Å²) in [7, 11) is 0. The number of rotatable bonds is 7. The van der Waals surface area contributed by atoms with Gasteiger partial charge in [0, 0.05) is 19.0 Å². The second-order valence-corrected chi connectivity index (χ2v) is 5.25. The minimum atomic E-state index is -1.18. The van der Waals surface area contributed by atoms with Crippen LogP contribution >= 0.6 is 0 Å². The first-order valence-corrected chi connectivity index (χ1v) is 7.22. The highest BCUT2D eigenvalue weighted by atomic mass is 16.4. The molecule has 5 N–H and O–H groups in total. The van der Waals surface area contributed by atoms with Crippen LogP contribution in [0, 0.1) is 0 Å². The van der Waals surface area contributed by atoms with E-state index in [1.165, 1.54) is 0 Å². The van der Waals surface area contributed by atoms with E-state index in [0.29, 0.717) is 0 Å². The molecule has 1 saturated heterocycles. The number of piperidine rings is 1. The third kappa shape index (κ3) is 6.44. The maximum atomic E-state index is 11.8. The molecule has 1 aliphatic rings. The molecular weight excluding hydrogens is 276 g/mol. The Kier molecular flexibility index (Phi) is 6.93. The van der Waals surface area contributed by atoms with Gasteiger partial charge in [0.2, 0.25) is 5.91 Å². The second-order valence-electron chi connectivity index (χ2n) is 5.25. The molecule has 21 heavy (non-hydrogen) atoms. The first-order chi connectivity index (χ1) is 9.92. The van der Waals surface area contributed by atoms with Crippen LogP contribution in [-0.4, -0.2) is 59.6 Å². The quantitative estimate of drug-likeness (QED) is 0.504. The number of carboxylic acid groups (broad SMARTS) is 1. The van der Waals surface area contributed by atoms with E-state index in [1.54, 1.807) is 0 Å². The van der Waals surface area contributed by atoms with Crippen LogP contribution in [0.1, 0.15) is 32.6 Å². The summed E-state index contributed by atoms with van der Waals surface area (Å²) in [5.74, 6) is -1.76. The summed E-state index contributed by atoms with van der Waals surface area (Å²) < 4.78 is 0. The molecule has 8 heteroatoms. The Bertz CT molecular complexity index is 388. The number of urea groups is 1. The summed E-state index contributed by atoms with van der Waals surface area (Å²) in [6, 6.07) is -1.61. The number of carbonyl (C=O) groups excluding carboxylic acids is 2. The maximum absolute atomic E-state index is 11.8. The van der Waals surface area contributed by atoms with Crippen LogP contribution in [0.15, 0.2) is 0 Å². The summed E-state index contributed by atoms with van der Waals surface area (Å²) >= 11 is 0. The van der Waals surface area contributed by atoms with Crippen LogP contribution in [0.2, 0.25) is 0 Å². The molecule has 1 heterocycles. The standard InChI is InChI=1S/C13H24N4O4/c1-2-17-7-3-4-9(8-17)15-13(21)16-10(12(19)20)5-6-11(14)18/h9-10H,2-8H2,1H3,(H2,14,18)(H,19,20)(H2,15,16,21)/t9?,10-/m0/s1. The Morgan fingerprint density at radius 3 is 2.71 bits per heavy atom. The molecule has 0 radical (unpaired) electrons. The third-order valence-corrected chi connectivity index (χ3v) is 3.57. The Balaban J connectivity index is 2.42. The van der Waals surface area contributed by atoms with E-state index in [9.17, 15) is 14.4 Å². The zero-order valence-corrected chi connectivity index (χ0v) is 12.3. The lowest BCUT2D eigenvalue weighted by atomic mass is 10.1. The van der Waals surface area contributed by atoms with Gasteiger partial charge in [0.1, 0.15) is 6.04 Å². The summed E-state index contributed by atoms with van der Waals surface area (Å²) in [5.41, 5.74) is 4.99. The molecule has 0 aromatic carbocycles. The zero-order valence-electron chi connectivity index (χ0n) is 12.3. The smallest absolute Gasteiger partial charge is 0.326 e. The van der Waals surface area contributed by atoms with E-state index in [0.717, 1.165) is 32.5 Å². The number of aliphatic carboxylic acids is 1. The summed E-state index contributed by atoms with van der Waals surface area (Å²) in [5, 5.41) is 14.2. The molecule has 1 unspecified atom stereocenters. The average molecular weight is 300 g/mol. The number of primary amides is 1. The molecule has 8 nitrogen and oxygen atoms in total. The van der Waals surface area contributed by atoms with Gasteiger partial charge in [0.15, 0.2) is 0 Å². The number of carboxylic acids is 1. The van der Waals surface area contributed by atoms with Gasteiger partial charge < -0.3 is 26.4 Å². The van der Waals surface area contributed by atoms with Gasteiger partial charge in [-0.15, -0.1) is 0 Å². The molecule has 3 amide bonds. The number of amides is 3. The van der Waals surface area contributed by atoms with Gasteiger partial charge in [-0.05, 0) is 32.4 Å². The van der Waals surface area contributed by atoms with Crippen LogP contribution in [-0.2, 0) is 9.59 Å². The first-order valence-electron chi connectivity index (χ1n) is 7.22. The molecule has 1 fully saturated rings. The first kappa shape index (κ1) is 17.2. The van der Waals surface area contributed by atoms with E-state index < -0.39 is 23.9 Å². The van der Waals surface area contributed by atoms with Crippen molar-refractivity contribution in [2.75, 3.05) is 19.6 Å². The predicted octanol–water partition coefficient (Wildman–Crippen LogP) is -0.511. The number of carbonyl (C=O) groups is 3. The number of nitrogens with zero attached hydrogens (tertiary/aromatic N) is 1. The SMILES string of the molecule is CCN1CCCC(NC(=O)N[C@@H](CCC(N)=O)C(=O)O)C1. The fourth-order valence-electron chi connectivity index (χ4n) is 2.39. The third-order valence-electron chi connectivity index (χ3n) is 3.57. The molecule has 0 aromatic rings. The lowest BCUT2D eigenvalue weighted by Gasteiger charge is -2.32. The van der Waals surface area contributed by atoms with Gasteiger partial charge in [-0.2, -0.15) is 0 Å². The van der Waals surface area contributed by atoms with Crippen LogP contribution in [0.3, 0.4) is 0 Å². The topological polar surface area (TPSA) is 125 Å². The van der Waals surface area contributed by atoms with Crippen molar-refractivity contribution in [3.05, 3.63) is 0 Å². The van der Waals surface area contributed by atoms with Crippen molar-refractivity contribution in [3.8, 4) is 0 Å². The maximum Gasteiger partial charge on any atom is 0.326 e. The second kappa shape index (κ2) is 8.46. The van der Waals surface area contributed by atoms with Gasteiger partial charge in [-0.25, -0.2) is 9.59 Å². The van der Waals surface area contributed by atoms with Gasteiger partial charge in [-0.1, -0.05) is 6.92 Å². The molecule has 0 saturated carbocycles. The van der Waals surface area contributed by atoms with Crippen molar-refractivity contribution >= 4 is 17.9 Å². The molecule has 0 bridgehead atoms. The lowest BCUT2D eigenvalue weighted by Crippen LogP contribution is -2.53. The van der Waals surface area contributed by atoms with Crippen LogP contribution < -0.4 is 16.4 Å². The fraction of sp³-hybridized carbons (Fsp3) is 0.769. The van der Waals surface area contributed by atoms with Gasteiger partial charge in [-0.3, -0.25) is 4.79 Å². The van der Waals surface area contributed by atoms with Crippen LogP contribution in [0.4, 0.5) is 4.79 Å². The predicted molar refractivity (Wildman–Crippen MR) is 76.7 cm³/mol. The Hall–Kier alpha value is -1.83. The largest absolute Gasteiger partial charge is 0.480 e. The summed E-state index contributed by atoms with van der Waals surface area (Å²) in [4.78, 5) is 35.8. The Morgan fingerprint density at radius 1 is 1.43 bits per heavy atom. The Morgan fingerprint density at radius 2 is 2.14 bits per heavy atom. The zero-order chi connectivity index (χ0) is 15.8. The molecular formula is C13H24N4O4. The van der Waals surface area contributed by atoms with Crippen molar-refractivity contribution < 1.29 is 19.5 Å². The van der Waals surface area contributed by atoms with E-state index >= 15 is 0 Å². The molecule has 120 valence electrons. The monoisotopic (exact) mass is 300 g/mol. The van der Waals surface area contributed by atoms with E-state index in [4.69, 9.17) is 10.8 Å². The van der Waals surface area contributed by atoms with Crippen molar-refractivity contribution in [3.63, 3.8) is 0 Å². The molecule has 1 aliphatic heterocycles. The van der Waals surface area contributed by atoms with E-state index in [1.807, 2.05) is 0 Å². The number of nitrogens with one attached hydrogen (secondary N) is 2. The molecule has 1 rings (SSSR count). The number of likely N-dealkylation sites (N-methyl/N-ethyl adjacent to an activating group) is 1. The van der Waals surface area contributed by atoms with E-state index in [-0.39, 0.29) is 18.9 Å². The van der Waals surface area contributed by atoms with Crippen LogP contribution in [0.5, 0.6) is 0 Å². The highest BCUT2D eigenvalue weighted by Gasteiger charge is 2.24. The molecule has 0 aromatic heterocycles. The molecule has 2 atom stereocenters. The number of hydrogen-bond donors (Lipinski definition) is 4.